The molecular formula is C16H15NO6. The van der Waals surface area contributed by atoms with Crippen molar-refractivity contribution in [2.75, 3.05) is 7.11 Å². The summed E-state index contributed by atoms with van der Waals surface area (Å²) in [6, 6.07) is 7.96. The van der Waals surface area contributed by atoms with Crippen molar-refractivity contribution in [3.05, 3.63) is 36.5 Å². The van der Waals surface area contributed by atoms with E-state index in [-0.39, 0.29) is 23.1 Å². The molecule has 1 heterocycles. The molecule has 7 heteroatoms. The predicted octanol–water partition coefficient (Wildman–Crippen LogP) is 2.73. The summed E-state index contributed by atoms with van der Waals surface area (Å²) < 4.78 is 21.0. The minimum Gasteiger partial charge on any atom is -0.496 e. The molecule has 0 unspecified atom stereocenters. The summed E-state index contributed by atoms with van der Waals surface area (Å²) in [6.07, 6.45) is 1.54. The monoisotopic (exact) mass is 317 g/mol. The van der Waals surface area contributed by atoms with Gasteiger partial charge in [-0.05, 0) is 6.07 Å². The van der Waals surface area contributed by atoms with Gasteiger partial charge in [0.15, 0.2) is 11.5 Å². The van der Waals surface area contributed by atoms with E-state index in [0.29, 0.717) is 5.75 Å². The first-order chi connectivity index (χ1) is 11.0. The van der Waals surface area contributed by atoms with Crippen molar-refractivity contribution in [1.82, 2.24) is 4.98 Å². The van der Waals surface area contributed by atoms with E-state index >= 15 is 0 Å². The molecule has 2 rings (SSSR count). The molecule has 0 bridgehead atoms. The molecule has 0 atom stereocenters. The highest BCUT2D eigenvalue weighted by atomic mass is 16.6. The van der Waals surface area contributed by atoms with E-state index in [4.69, 9.17) is 18.9 Å². The van der Waals surface area contributed by atoms with Crippen molar-refractivity contribution in [3.8, 4) is 28.9 Å². The number of rotatable bonds is 5. The Kier molecular flexibility index (Phi) is 5.14. The third-order valence-corrected chi connectivity index (χ3v) is 2.58. The first kappa shape index (κ1) is 16.3. The van der Waals surface area contributed by atoms with E-state index in [1.165, 1.54) is 39.3 Å². The van der Waals surface area contributed by atoms with Crippen molar-refractivity contribution in [2.45, 2.75) is 13.8 Å². The fourth-order valence-corrected chi connectivity index (χ4v) is 1.74. The van der Waals surface area contributed by atoms with Gasteiger partial charge in [-0.1, -0.05) is 6.07 Å². The Bertz CT molecular complexity index is 677. The molecule has 1 aromatic carbocycles. The average Bonchev–Trinajstić information content (AvgIpc) is 2.50. The van der Waals surface area contributed by atoms with Gasteiger partial charge in [0, 0.05) is 38.2 Å². The Hall–Kier alpha value is -3.09. The van der Waals surface area contributed by atoms with Crippen LogP contribution in [0.2, 0.25) is 0 Å². The van der Waals surface area contributed by atoms with Crippen LogP contribution in [-0.2, 0) is 9.59 Å². The molecule has 0 fully saturated rings. The summed E-state index contributed by atoms with van der Waals surface area (Å²) in [5.74, 6) is -0.367. The van der Waals surface area contributed by atoms with Crippen molar-refractivity contribution < 1.29 is 28.5 Å². The molecule has 23 heavy (non-hydrogen) atoms. The van der Waals surface area contributed by atoms with Crippen LogP contribution in [0.1, 0.15) is 13.8 Å². The average molecular weight is 317 g/mol. The van der Waals surface area contributed by atoms with E-state index in [1.807, 2.05) is 0 Å². The van der Waals surface area contributed by atoms with Gasteiger partial charge in [0.05, 0.1) is 7.11 Å². The summed E-state index contributed by atoms with van der Waals surface area (Å²) in [4.78, 5) is 26.6. The van der Waals surface area contributed by atoms with Crippen molar-refractivity contribution in [3.63, 3.8) is 0 Å². The minimum atomic E-state index is -0.558. The van der Waals surface area contributed by atoms with Crippen molar-refractivity contribution in [2.24, 2.45) is 0 Å². The molecule has 0 aliphatic heterocycles. The molecule has 2 aromatic rings. The number of benzene rings is 1. The molecule has 120 valence electrons. The highest BCUT2D eigenvalue weighted by Crippen LogP contribution is 2.43. The van der Waals surface area contributed by atoms with Crippen LogP contribution in [0.4, 0.5) is 0 Å². The summed E-state index contributed by atoms with van der Waals surface area (Å²) in [6.45, 7) is 2.49. The Morgan fingerprint density at radius 2 is 1.61 bits per heavy atom. The molecule has 0 aliphatic rings. The maximum Gasteiger partial charge on any atom is 0.308 e. The van der Waals surface area contributed by atoms with Gasteiger partial charge >= 0.3 is 11.9 Å². The molecule has 0 spiro atoms. The van der Waals surface area contributed by atoms with Gasteiger partial charge in [-0.15, -0.1) is 0 Å². The lowest BCUT2D eigenvalue weighted by Gasteiger charge is -2.15. The van der Waals surface area contributed by atoms with Crippen LogP contribution >= 0.6 is 0 Å². The highest BCUT2D eigenvalue weighted by Gasteiger charge is 2.20. The number of pyridine rings is 1. The number of hydrogen-bond donors (Lipinski definition) is 0. The van der Waals surface area contributed by atoms with Crippen molar-refractivity contribution in [1.29, 1.82) is 0 Å². The number of esters is 2. The largest absolute Gasteiger partial charge is 0.496 e. The van der Waals surface area contributed by atoms with Gasteiger partial charge in [0.2, 0.25) is 11.6 Å². The Morgan fingerprint density at radius 1 is 1.00 bits per heavy atom. The molecule has 0 saturated heterocycles. The van der Waals surface area contributed by atoms with Gasteiger partial charge in [-0.25, -0.2) is 4.98 Å². The fraction of sp³-hybridized carbons (Fsp3) is 0.188. The van der Waals surface area contributed by atoms with Crippen LogP contribution in [0, 0.1) is 0 Å². The zero-order chi connectivity index (χ0) is 16.8. The Morgan fingerprint density at radius 3 is 2.04 bits per heavy atom. The van der Waals surface area contributed by atoms with E-state index in [9.17, 15) is 9.59 Å². The molecular weight excluding hydrogens is 302 g/mol. The number of methoxy groups -OCH3 is 1. The Balaban J connectivity index is 2.52. The summed E-state index contributed by atoms with van der Waals surface area (Å²) in [7, 11) is 1.43. The zero-order valence-electron chi connectivity index (χ0n) is 12.9. The molecule has 0 radical (unpaired) electrons. The first-order valence-electron chi connectivity index (χ1n) is 6.67. The number of nitrogens with zero attached hydrogens (tertiary/aromatic N) is 1. The van der Waals surface area contributed by atoms with Gasteiger partial charge in [-0.2, -0.15) is 0 Å². The van der Waals surface area contributed by atoms with Crippen LogP contribution in [-0.4, -0.2) is 24.0 Å². The van der Waals surface area contributed by atoms with Gasteiger partial charge in [-0.3, -0.25) is 9.59 Å². The van der Waals surface area contributed by atoms with Gasteiger partial charge in [0.25, 0.3) is 0 Å². The zero-order valence-corrected chi connectivity index (χ0v) is 12.9. The van der Waals surface area contributed by atoms with Crippen molar-refractivity contribution >= 4 is 11.9 Å². The van der Waals surface area contributed by atoms with E-state index < -0.39 is 11.9 Å². The van der Waals surface area contributed by atoms with Crippen LogP contribution < -0.4 is 18.9 Å². The number of ether oxygens (including phenoxy) is 4. The minimum absolute atomic E-state index is 0.0508. The Labute approximate surface area is 132 Å². The standard InChI is InChI=1S/C16H15NO6/c1-10(18)21-13-8-12(20-3)9-14(22-11(2)19)16(13)23-15-6-4-5-7-17-15/h4-9H,1-3H3. The highest BCUT2D eigenvalue weighted by molar-refractivity contribution is 5.75. The molecule has 7 nitrogen and oxygen atoms in total. The number of carbonyl (C=O) groups excluding carboxylic acids is 2. The summed E-state index contributed by atoms with van der Waals surface area (Å²) >= 11 is 0. The summed E-state index contributed by atoms with van der Waals surface area (Å²) in [5, 5.41) is 0. The molecule has 0 aliphatic carbocycles. The summed E-state index contributed by atoms with van der Waals surface area (Å²) in [5.41, 5.74) is 0. The number of aromatic nitrogens is 1. The predicted molar refractivity (Wildman–Crippen MR) is 79.9 cm³/mol. The quantitative estimate of drug-likeness (QED) is 0.619. The van der Waals surface area contributed by atoms with Crippen LogP contribution in [0.3, 0.4) is 0 Å². The molecule has 0 amide bonds. The molecule has 0 saturated carbocycles. The maximum atomic E-state index is 11.3. The normalized spacial score (nSPS) is 9.87. The second-order valence-corrected chi connectivity index (χ2v) is 4.41. The lowest BCUT2D eigenvalue weighted by Crippen LogP contribution is -2.07. The van der Waals surface area contributed by atoms with Crippen LogP contribution in [0.15, 0.2) is 36.5 Å². The van der Waals surface area contributed by atoms with Gasteiger partial charge in [0.1, 0.15) is 5.75 Å². The fourth-order valence-electron chi connectivity index (χ4n) is 1.74. The lowest BCUT2D eigenvalue weighted by molar-refractivity contribution is -0.132. The first-order valence-corrected chi connectivity index (χ1v) is 6.67. The van der Waals surface area contributed by atoms with Crippen LogP contribution in [0.5, 0.6) is 28.9 Å². The molecule has 1 aromatic heterocycles. The van der Waals surface area contributed by atoms with E-state index in [2.05, 4.69) is 4.98 Å². The van der Waals surface area contributed by atoms with Gasteiger partial charge < -0.3 is 18.9 Å². The number of carbonyl (C=O) groups is 2. The van der Waals surface area contributed by atoms with E-state index in [1.54, 1.807) is 18.2 Å². The lowest BCUT2D eigenvalue weighted by atomic mass is 10.2. The van der Waals surface area contributed by atoms with Crippen LogP contribution in [0.25, 0.3) is 0 Å². The van der Waals surface area contributed by atoms with E-state index in [0.717, 1.165) is 0 Å². The topological polar surface area (TPSA) is 84.0 Å². The second kappa shape index (κ2) is 7.26. The number of hydrogen-bond acceptors (Lipinski definition) is 7. The second-order valence-electron chi connectivity index (χ2n) is 4.41. The third-order valence-electron chi connectivity index (χ3n) is 2.58. The SMILES string of the molecule is COc1cc(OC(C)=O)c(Oc2ccccn2)c(OC(C)=O)c1. The smallest absolute Gasteiger partial charge is 0.308 e. The molecule has 0 N–H and O–H groups in total. The third kappa shape index (κ3) is 4.44. The maximum absolute atomic E-state index is 11.3.